The summed E-state index contributed by atoms with van der Waals surface area (Å²) in [5, 5.41) is 0. The van der Waals surface area contributed by atoms with E-state index in [1.807, 2.05) is 19.1 Å². The smallest absolute Gasteiger partial charge is 0.163 e. The van der Waals surface area contributed by atoms with Crippen LogP contribution in [0.5, 0.6) is 11.5 Å². The van der Waals surface area contributed by atoms with Crippen LogP contribution in [-0.4, -0.2) is 25.6 Å². The molecular formula is C14H18IO4P. The highest BCUT2D eigenvalue weighted by molar-refractivity contribution is 14.2. The van der Waals surface area contributed by atoms with Crippen LogP contribution in [0.3, 0.4) is 0 Å². The number of hydrogen-bond acceptors (Lipinski definition) is 4. The topological polar surface area (TPSA) is 44.8 Å². The number of ether oxygens (including phenoxy) is 2. The molecule has 1 aromatic rings. The van der Waals surface area contributed by atoms with Gasteiger partial charge in [-0.15, -0.1) is 0 Å². The van der Waals surface area contributed by atoms with Gasteiger partial charge in [0.15, 0.2) is 17.3 Å². The van der Waals surface area contributed by atoms with E-state index < -0.39 is 0 Å². The third-order valence-electron chi connectivity index (χ3n) is 3.09. The summed E-state index contributed by atoms with van der Waals surface area (Å²) in [5.41, 5.74) is 1.86. The number of benzene rings is 1. The van der Waals surface area contributed by atoms with E-state index in [2.05, 4.69) is 22.0 Å². The minimum absolute atomic E-state index is 0.198. The Morgan fingerprint density at radius 3 is 2.75 bits per heavy atom. The fourth-order valence-corrected chi connectivity index (χ4v) is 3.07. The van der Waals surface area contributed by atoms with Crippen LogP contribution in [0, 0.1) is 0 Å². The molecule has 4 nitrogen and oxygen atoms in total. The van der Waals surface area contributed by atoms with Crippen molar-refractivity contribution in [3.63, 3.8) is 0 Å². The molecule has 0 saturated carbocycles. The predicted molar refractivity (Wildman–Crippen MR) is 88.7 cm³/mol. The van der Waals surface area contributed by atoms with E-state index in [0.717, 1.165) is 29.7 Å². The maximum absolute atomic E-state index is 11.8. The van der Waals surface area contributed by atoms with Crippen molar-refractivity contribution in [2.75, 3.05) is 19.8 Å². The van der Waals surface area contributed by atoms with Crippen molar-refractivity contribution in [2.45, 2.75) is 26.2 Å². The van der Waals surface area contributed by atoms with Crippen LogP contribution in [0.4, 0.5) is 0 Å². The van der Waals surface area contributed by atoms with Gasteiger partial charge in [0.25, 0.3) is 0 Å². The molecule has 0 aromatic heterocycles. The summed E-state index contributed by atoms with van der Waals surface area (Å²) in [6, 6.07) is 3.78. The Hall–Kier alpha value is -0.390. The molecule has 0 amide bonds. The molecule has 1 aliphatic rings. The molecule has 1 aromatic carbocycles. The summed E-state index contributed by atoms with van der Waals surface area (Å²) in [6.45, 7) is 4.26. The largest absolute Gasteiger partial charge is 0.490 e. The number of Topliss-reactive ketones (excluding diaryl/α,β-unsaturated/α-hetero) is 1. The molecule has 0 radical (unpaired) electrons. The zero-order chi connectivity index (χ0) is 14.4. The van der Waals surface area contributed by atoms with Gasteiger partial charge in [0, 0.05) is 18.4 Å². The average Bonchev–Trinajstić information content (AvgIpc) is 2.80. The zero-order valence-corrected chi connectivity index (χ0v) is 14.6. The summed E-state index contributed by atoms with van der Waals surface area (Å²) in [5.74, 6) is 1.60. The third kappa shape index (κ3) is 4.06. The Morgan fingerprint density at radius 1 is 1.20 bits per heavy atom. The molecule has 1 atom stereocenters. The SMILES string of the molecule is CCOc1cc2c(cc1OCCCOPI)CCC2=O. The highest BCUT2D eigenvalue weighted by atomic mass is 127. The van der Waals surface area contributed by atoms with Gasteiger partial charge in [-0.3, -0.25) is 4.79 Å². The molecule has 6 heteroatoms. The number of ketones is 1. The first-order valence-corrected chi connectivity index (χ1v) is 10.7. The lowest BCUT2D eigenvalue weighted by Gasteiger charge is -2.13. The van der Waals surface area contributed by atoms with Crippen molar-refractivity contribution in [1.82, 2.24) is 0 Å². The summed E-state index contributed by atoms with van der Waals surface area (Å²) >= 11 is 2.20. The lowest BCUT2D eigenvalue weighted by molar-refractivity contribution is 0.0994. The lowest BCUT2D eigenvalue weighted by Crippen LogP contribution is -2.04. The van der Waals surface area contributed by atoms with Gasteiger partial charge >= 0.3 is 0 Å². The van der Waals surface area contributed by atoms with E-state index in [1.165, 1.54) is 0 Å². The Labute approximate surface area is 133 Å². The number of rotatable bonds is 8. The van der Waals surface area contributed by atoms with E-state index in [0.29, 0.717) is 38.4 Å². The van der Waals surface area contributed by atoms with E-state index in [1.54, 1.807) is 0 Å². The number of halogens is 1. The molecule has 1 aliphatic carbocycles. The maximum Gasteiger partial charge on any atom is 0.163 e. The van der Waals surface area contributed by atoms with E-state index in [9.17, 15) is 4.79 Å². The van der Waals surface area contributed by atoms with Crippen LogP contribution < -0.4 is 9.47 Å². The van der Waals surface area contributed by atoms with E-state index in [4.69, 9.17) is 14.0 Å². The van der Waals surface area contributed by atoms with Crippen molar-refractivity contribution >= 4 is 34.3 Å². The summed E-state index contributed by atoms with van der Waals surface area (Å²) in [6.07, 6.45) is 2.24. The average molecular weight is 408 g/mol. The second-order valence-electron chi connectivity index (χ2n) is 4.44. The Morgan fingerprint density at radius 2 is 2.00 bits per heavy atom. The monoisotopic (exact) mass is 408 g/mol. The van der Waals surface area contributed by atoms with Crippen LogP contribution in [0.1, 0.15) is 35.7 Å². The fraction of sp³-hybridized carbons (Fsp3) is 0.500. The number of carbonyl (C=O) groups excluding carboxylic acids is 1. The van der Waals surface area contributed by atoms with Crippen LogP contribution in [0.15, 0.2) is 12.1 Å². The van der Waals surface area contributed by atoms with Crippen LogP contribution in [0.2, 0.25) is 0 Å². The van der Waals surface area contributed by atoms with Crippen molar-refractivity contribution in [2.24, 2.45) is 0 Å². The molecule has 20 heavy (non-hydrogen) atoms. The molecule has 2 rings (SSSR count). The van der Waals surface area contributed by atoms with Gasteiger partial charge < -0.3 is 14.0 Å². The van der Waals surface area contributed by atoms with Crippen molar-refractivity contribution in [3.8, 4) is 11.5 Å². The van der Waals surface area contributed by atoms with Gasteiger partial charge in [-0.2, -0.15) is 0 Å². The van der Waals surface area contributed by atoms with Gasteiger partial charge in [0.2, 0.25) is 0 Å². The summed E-state index contributed by atoms with van der Waals surface area (Å²) in [4.78, 5) is 11.8. The Balaban J connectivity index is 2.04. The molecule has 0 aliphatic heterocycles. The number of fused-ring (bicyclic) bond motifs is 1. The highest BCUT2D eigenvalue weighted by Crippen LogP contribution is 2.35. The maximum atomic E-state index is 11.8. The minimum Gasteiger partial charge on any atom is -0.490 e. The van der Waals surface area contributed by atoms with Crippen molar-refractivity contribution < 1.29 is 18.8 Å². The van der Waals surface area contributed by atoms with Gasteiger partial charge in [0.05, 0.1) is 26.3 Å². The Bertz CT molecular complexity index is 478. The first kappa shape index (κ1) is 16.0. The quantitative estimate of drug-likeness (QED) is 0.372. The van der Waals surface area contributed by atoms with Crippen LogP contribution in [0.25, 0.3) is 0 Å². The molecule has 0 fully saturated rings. The van der Waals surface area contributed by atoms with Crippen LogP contribution in [-0.2, 0) is 10.9 Å². The standard InChI is InChI=1S/C14H18IO4P/c1-2-17-14-9-11-10(4-5-12(11)16)8-13(14)18-6-3-7-19-20-15/h8-9,20H,2-7H2,1H3. The van der Waals surface area contributed by atoms with Gasteiger partial charge in [-0.25, -0.2) is 0 Å². The first-order valence-electron chi connectivity index (χ1n) is 6.69. The van der Waals surface area contributed by atoms with E-state index in [-0.39, 0.29) is 5.78 Å². The molecule has 0 spiro atoms. The summed E-state index contributed by atoms with van der Waals surface area (Å²) in [7, 11) is 0. The molecule has 1 unspecified atom stereocenters. The van der Waals surface area contributed by atoms with Crippen molar-refractivity contribution in [3.05, 3.63) is 23.3 Å². The second kappa shape index (κ2) is 8.15. The molecule has 0 N–H and O–H groups in total. The van der Waals surface area contributed by atoms with Crippen molar-refractivity contribution in [1.29, 1.82) is 0 Å². The number of hydrogen-bond donors (Lipinski definition) is 0. The van der Waals surface area contributed by atoms with Gasteiger partial charge in [-0.05, 0) is 53.1 Å². The normalized spacial score (nSPS) is 14.0. The number of aryl methyl sites for hydroxylation is 1. The number of carbonyl (C=O) groups is 1. The van der Waals surface area contributed by atoms with Gasteiger partial charge in [-0.1, -0.05) is 0 Å². The molecular weight excluding hydrogens is 390 g/mol. The molecule has 110 valence electrons. The molecule has 0 saturated heterocycles. The van der Waals surface area contributed by atoms with E-state index >= 15 is 0 Å². The predicted octanol–water partition coefficient (Wildman–Crippen LogP) is 3.94. The first-order chi connectivity index (χ1) is 9.76. The Kier molecular flexibility index (Phi) is 6.52. The summed E-state index contributed by atoms with van der Waals surface area (Å²) < 4.78 is 16.7. The van der Waals surface area contributed by atoms with Crippen LogP contribution >= 0.6 is 28.5 Å². The second-order valence-corrected chi connectivity index (χ2v) is 6.20. The zero-order valence-electron chi connectivity index (χ0n) is 11.4. The minimum atomic E-state index is 0.198. The molecule has 0 bridgehead atoms. The lowest BCUT2D eigenvalue weighted by atomic mass is 10.1. The van der Waals surface area contributed by atoms with Gasteiger partial charge in [0.1, 0.15) is 0 Å². The molecule has 0 heterocycles. The third-order valence-corrected chi connectivity index (χ3v) is 4.34. The highest BCUT2D eigenvalue weighted by Gasteiger charge is 2.22. The fourth-order valence-electron chi connectivity index (χ4n) is 2.18.